The van der Waals surface area contributed by atoms with E-state index in [-0.39, 0.29) is 6.42 Å². The van der Waals surface area contributed by atoms with Crippen molar-refractivity contribution in [1.29, 1.82) is 0 Å². The molecule has 5 heteroatoms. The third kappa shape index (κ3) is 3.33. The molecule has 0 radical (unpaired) electrons. The van der Waals surface area contributed by atoms with Crippen LogP contribution in [0.5, 0.6) is 0 Å². The molecule has 0 aromatic heterocycles. The summed E-state index contributed by atoms with van der Waals surface area (Å²) in [4.78, 5) is 11.8. The smallest absolute Gasteiger partial charge is 0.307 e. The Labute approximate surface area is 181 Å². The van der Waals surface area contributed by atoms with Crippen LogP contribution in [0.25, 0.3) is 22.3 Å². The summed E-state index contributed by atoms with van der Waals surface area (Å²) < 4.78 is 2.26. The highest BCUT2D eigenvalue weighted by molar-refractivity contribution is 7.99. The Balaban J connectivity index is 2.12. The molecule has 3 aromatic rings. The molecule has 4 nitrogen and oxygen atoms in total. The normalized spacial score (nSPS) is 12.5. The van der Waals surface area contributed by atoms with Gasteiger partial charge in [-0.3, -0.25) is 4.79 Å². The number of carbonyl (C=O) groups is 1. The predicted octanol–water partition coefficient (Wildman–Crippen LogP) is 5.75. The number of hydrogen-bond donors (Lipinski definition) is 2. The van der Waals surface area contributed by atoms with Crippen molar-refractivity contribution in [3.05, 3.63) is 70.3 Å². The van der Waals surface area contributed by atoms with Crippen molar-refractivity contribution < 1.29 is 9.90 Å². The first kappa shape index (κ1) is 20.4. The van der Waals surface area contributed by atoms with Gasteiger partial charge in [0.1, 0.15) is 0 Å². The van der Waals surface area contributed by atoms with Crippen LogP contribution in [0.3, 0.4) is 0 Å². The Bertz CT molecular complexity index is 1150. The van der Waals surface area contributed by atoms with E-state index in [0.29, 0.717) is 0 Å². The van der Waals surface area contributed by atoms with E-state index in [2.05, 4.69) is 61.7 Å². The minimum atomic E-state index is -0.818. The van der Waals surface area contributed by atoms with Gasteiger partial charge in [-0.1, -0.05) is 47.8 Å². The molecular formula is C25H26N2O2S. The standard InChI is InChI=1S/C25H26N2O2S/c1-14-5-7-17(8-6-14)23-16(3)24-21-11-19(26)10-9-18(21)13-27(30-4)25(24)15(2)20(23)12-22(28)29/h5-11H,12-13,26H2,1-4H3,(H,28,29). The Hall–Kier alpha value is -2.92. The van der Waals surface area contributed by atoms with Gasteiger partial charge >= 0.3 is 5.97 Å². The van der Waals surface area contributed by atoms with Gasteiger partial charge < -0.3 is 15.1 Å². The summed E-state index contributed by atoms with van der Waals surface area (Å²) >= 11 is 1.66. The molecule has 30 heavy (non-hydrogen) atoms. The highest BCUT2D eigenvalue weighted by atomic mass is 32.2. The van der Waals surface area contributed by atoms with Crippen LogP contribution < -0.4 is 10.0 Å². The molecule has 0 amide bonds. The van der Waals surface area contributed by atoms with E-state index >= 15 is 0 Å². The largest absolute Gasteiger partial charge is 0.481 e. The molecule has 0 aliphatic carbocycles. The van der Waals surface area contributed by atoms with Gasteiger partial charge in [-0.15, -0.1) is 0 Å². The summed E-state index contributed by atoms with van der Waals surface area (Å²) in [6.07, 6.45) is 2.06. The van der Waals surface area contributed by atoms with Crippen LogP contribution in [-0.2, 0) is 17.8 Å². The second-order valence-corrected chi connectivity index (χ2v) is 8.71. The van der Waals surface area contributed by atoms with Crippen molar-refractivity contribution in [2.45, 2.75) is 33.7 Å². The lowest BCUT2D eigenvalue weighted by molar-refractivity contribution is -0.136. The van der Waals surface area contributed by atoms with E-state index in [9.17, 15) is 9.90 Å². The van der Waals surface area contributed by atoms with E-state index in [1.165, 1.54) is 11.1 Å². The number of aliphatic carboxylic acids is 1. The monoisotopic (exact) mass is 418 g/mol. The molecule has 1 aliphatic heterocycles. The molecule has 0 bridgehead atoms. The lowest BCUT2D eigenvalue weighted by Crippen LogP contribution is -2.22. The lowest BCUT2D eigenvalue weighted by atomic mass is 9.81. The predicted molar refractivity (Wildman–Crippen MR) is 127 cm³/mol. The quantitative estimate of drug-likeness (QED) is 0.417. The number of aryl methyl sites for hydroxylation is 1. The molecule has 0 spiro atoms. The van der Waals surface area contributed by atoms with E-state index in [1.54, 1.807) is 11.9 Å². The van der Waals surface area contributed by atoms with E-state index in [0.717, 1.165) is 56.9 Å². The topological polar surface area (TPSA) is 66.6 Å². The van der Waals surface area contributed by atoms with Gasteiger partial charge in [-0.2, -0.15) is 0 Å². The van der Waals surface area contributed by atoms with Crippen LogP contribution in [0.15, 0.2) is 42.5 Å². The Morgan fingerprint density at radius 2 is 1.77 bits per heavy atom. The zero-order chi connectivity index (χ0) is 21.6. The summed E-state index contributed by atoms with van der Waals surface area (Å²) in [5.41, 5.74) is 17.8. The molecule has 0 saturated heterocycles. The Kier molecular flexibility index (Phi) is 5.24. The van der Waals surface area contributed by atoms with Crippen LogP contribution in [0.2, 0.25) is 0 Å². The fourth-order valence-electron chi connectivity index (χ4n) is 4.53. The average molecular weight is 419 g/mol. The van der Waals surface area contributed by atoms with Gasteiger partial charge in [0.25, 0.3) is 0 Å². The molecule has 0 saturated carbocycles. The number of rotatable bonds is 4. The molecule has 154 valence electrons. The molecule has 3 aromatic carbocycles. The lowest BCUT2D eigenvalue weighted by Gasteiger charge is -2.35. The third-order valence-electron chi connectivity index (χ3n) is 5.95. The summed E-state index contributed by atoms with van der Waals surface area (Å²) in [6.45, 7) is 6.98. The van der Waals surface area contributed by atoms with Gasteiger partial charge in [0.05, 0.1) is 18.7 Å². The van der Waals surface area contributed by atoms with Crippen molar-refractivity contribution >= 4 is 29.3 Å². The van der Waals surface area contributed by atoms with Crippen molar-refractivity contribution in [1.82, 2.24) is 0 Å². The van der Waals surface area contributed by atoms with Crippen molar-refractivity contribution in [3.63, 3.8) is 0 Å². The summed E-state index contributed by atoms with van der Waals surface area (Å²) in [5.74, 6) is -0.818. The molecular weight excluding hydrogens is 392 g/mol. The first-order valence-corrected chi connectivity index (χ1v) is 11.1. The number of fused-ring (bicyclic) bond motifs is 3. The molecule has 1 heterocycles. The van der Waals surface area contributed by atoms with Gasteiger partial charge in [-0.05, 0) is 71.8 Å². The Morgan fingerprint density at radius 3 is 2.40 bits per heavy atom. The molecule has 0 fully saturated rings. The Morgan fingerprint density at radius 1 is 1.07 bits per heavy atom. The average Bonchev–Trinajstić information content (AvgIpc) is 2.71. The minimum Gasteiger partial charge on any atom is -0.481 e. The number of nitrogens with zero attached hydrogens (tertiary/aromatic N) is 1. The first-order valence-electron chi connectivity index (χ1n) is 9.97. The van der Waals surface area contributed by atoms with E-state index in [1.807, 2.05) is 12.1 Å². The maximum Gasteiger partial charge on any atom is 0.307 e. The number of hydrogen-bond acceptors (Lipinski definition) is 4. The number of benzene rings is 3. The van der Waals surface area contributed by atoms with Crippen LogP contribution in [0.4, 0.5) is 11.4 Å². The second kappa shape index (κ2) is 7.73. The minimum absolute atomic E-state index is 0.00479. The van der Waals surface area contributed by atoms with Crippen molar-refractivity contribution in [3.8, 4) is 22.3 Å². The third-order valence-corrected chi connectivity index (χ3v) is 6.70. The number of nitrogen functional groups attached to an aromatic ring is 1. The fraction of sp³-hybridized carbons (Fsp3) is 0.240. The first-order chi connectivity index (χ1) is 14.3. The molecule has 3 N–H and O–H groups in total. The van der Waals surface area contributed by atoms with Crippen molar-refractivity contribution in [2.24, 2.45) is 0 Å². The molecule has 0 atom stereocenters. The summed E-state index contributed by atoms with van der Waals surface area (Å²) in [7, 11) is 0. The molecule has 0 unspecified atom stereocenters. The molecule has 1 aliphatic rings. The second-order valence-electron chi connectivity index (χ2n) is 7.90. The number of carboxylic acids is 1. The SMILES string of the molecule is CSN1Cc2ccc(N)cc2-c2c(C)c(-c3ccc(C)cc3)c(CC(=O)O)c(C)c21. The van der Waals surface area contributed by atoms with Crippen molar-refractivity contribution in [2.75, 3.05) is 16.3 Å². The zero-order valence-corrected chi connectivity index (χ0v) is 18.6. The highest BCUT2D eigenvalue weighted by Gasteiger charge is 2.30. The van der Waals surface area contributed by atoms with Crippen LogP contribution in [0, 0.1) is 20.8 Å². The maximum absolute atomic E-state index is 11.8. The zero-order valence-electron chi connectivity index (χ0n) is 17.7. The van der Waals surface area contributed by atoms with Crippen LogP contribution >= 0.6 is 11.9 Å². The summed E-state index contributed by atoms with van der Waals surface area (Å²) in [6, 6.07) is 14.4. The van der Waals surface area contributed by atoms with Crippen LogP contribution in [0.1, 0.15) is 27.8 Å². The molecule has 4 rings (SSSR count). The van der Waals surface area contributed by atoms with E-state index < -0.39 is 5.97 Å². The van der Waals surface area contributed by atoms with Gasteiger partial charge in [0.15, 0.2) is 0 Å². The number of carboxylic acid groups (broad SMARTS) is 1. The number of nitrogens with two attached hydrogens (primary N) is 1. The fourth-order valence-corrected chi connectivity index (χ4v) is 5.20. The van der Waals surface area contributed by atoms with Gasteiger partial charge in [0.2, 0.25) is 0 Å². The van der Waals surface area contributed by atoms with Crippen LogP contribution in [-0.4, -0.2) is 17.3 Å². The highest BCUT2D eigenvalue weighted by Crippen LogP contribution is 2.50. The van der Waals surface area contributed by atoms with Gasteiger partial charge in [-0.25, -0.2) is 0 Å². The van der Waals surface area contributed by atoms with Gasteiger partial charge in [0, 0.05) is 17.5 Å². The van der Waals surface area contributed by atoms with E-state index in [4.69, 9.17) is 5.73 Å². The summed E-state index contributed by atoms with van der Waals surface area (Å²) in [5, 5.41) is 9.68. The number of anilines is 2. The maximum atomic E-state index is 11.8.